The van der Waals surface area contributed by atoms with E-state index in [-0.39, 0.29) is 17.7 Å². The summed E-state index contributed by atoms with van der Waals surface area (Å²) in [6.45, 7) is 2.02. The molecule has 1 aliphatic carbocycles. The van der Waals surface area contributed by atoms with Crippen LogP contribution in [0.3, 0.4) is 0 Å². The van der Waals surface area contributed by atoms with E-state index in [1.807, 2.05) is 35.6 Å². The Bertz CT molecular complexity index is 1090. The van der Waals surface area contributed by atoms with Gasteiger partial charge in [-0.15, -0.1) is 10.2 Å². The highest BCUT2D eigenvalue weighted by Crippen LogP contribution is 2.28. The lowest BCUT2D eigenvalue weighted by Crippen LogP contribution is -2.45. The van der Waals surface area contributed by atoms with Gasteiger partial charge in [-0.3, -0.25) is 14.5 Å². The number of nitrogens with zero attached hydrogens (tertiary/aromatic N) is 3. The first-order valence-corrected chi connectivity index (χ1v) is 11.1. The molecule has 9 heteroatoms. The highest BCUT2D eigenvalue weighted by atomic mass is 32.2. The van der Waals surface area contributed by atoms with Gasteiger partial charge in [0, 0.05) is 17.5 Å². The van der Waals surface area contributed by atoms with Crippen molar-refractivity contribution in [1.82, 2.24) is 25.2 Å². The molecule has 0 unspecified atom stereocenters. The molecule has 2 N–H and O–H groups in total. The quantitative estimate of drug-likeness (QED) is 0.605. The second-order valence-corrected chi connectivity index (χ2v) is 8.47. The first kappa shape index (κ1) is 20.5. The number of imide groups is 1. The van der Waals surface area contributed by atoms with Crippen LogP contribution >= 0.6 is 11.8 Å². The van der Waals surface area contributed by atoms with Crippen LogP contribution in [0.1, 0.15) is 37.7 Å². The molecule has 8 nitrogen and oxygen atoms in total. The molecule has 0 atom stereocenters. The van der Waals surface area contributed by atoms with Crippen molar-refractivity contribution < 1.29 is 14.3 Å². The molecule has 3 aromatic rings. The van der Waals surface area contributed by atoms with E-state index in [0.717, 1.165) is 47.9 Å². The summed E-state index contributed by atoms with van der Waals surface area (Å²) in [5.74, 6) is 0.438. The summed E-state index contributed by atoms with van der Waals surface area (Å²) in [5.41, 5.74) is 2.69. The van der Waals surface area contributed by atoms with E-state index in [0.29, 0.717) is 10.8 Å². The SMILES string of the molecule is COc1ccc2c(C)cc3nnc(SCC(=O)NC(=O)NC4CCCCC4)n3c2c1. The van der Waals surface area contributed by atoms with E-state index >= 15 is 0 Å². The van der Waals surface area contributed by atoms with E-state index < -0.39 is 6.03 Å². The van der Waals surface area contributed by atoms with Gasteiger partial charge in [-0.25, -0.2) is 4.79 Å². The van der Waals surface area contributed by atoms with Crippen LogP contribution < -0.4 is 15.4 Å². The Balaban J connectivity index is 1.46. The van der Waals surface area contributed by atoms with Crippen LogP contribution in [-0.4, -0.2) is 45.4 Å². The zero-order valence-corrected chi connectivity index (χ0v) is 17.9. The van der Waals surface area contributed by atoms with Crippen LogP contribution in [0.15, 0.2) is 29.4 Å². The minimum atomic E-state index is -0.426. The fourth-order valence-corrected chi connectivity index (χ4v) is 4.64. The molecule has 0 bridgehead atoms. The Morgan fingerprint density at radius 2 is 2.00 bits per heavy atom. The first-order valence-electron chi connectivity index (χ1n) is 10.1. The molecule has 30 heavy (non-hydrogen) atoms. The number of thioether (sulfide) groups is 1. The number of fused-ring (bicyclic) bond motifs is 3. The number of rotatable bonds is 5. The maximum absolute atomic E-state index is 12.3. The molecule has 158 valence electrons. The summed E-state index contributed by atoms with van der Waals surface area (Å²) < 4.78 is 7.27. The third-order valence-electron chi connectivity index (χ3n) is 5.40. The topological polar surface area (TPSA) is 97.6 Å². The van der Waals surface area contributed by atoms with Gasteiger partial charge in [-0.2, -0.15) is 0 Å². The molecule has 4 rings (SSSR count). The minimum Gasteiger partial charge on any atom is -0.497 e. The van der Waals surface area contributed by atoms with Crippen LogP contribution in [0.5, 0.6) is 5.75 Å². The fourth-order valence-electron chi connectivity index (χ4n) is 3.88. The fraction of sp³-hybridized carbons (Fsp3) is 0.429. The highest BCUT2D eigenvalue weighted by Gasteiger charge is 2.18. The molecule has 1 aliphatic rings. The van der Waals surface area contributed by atoms with Crippen LogP contribution in [0.2, 0.25) is 0 Å². The molecule has 0 saturated heterocycles. The van der Waals surface area contributed by atoms with Crippen LogP contribution in [0.4, 0.5) is 4.79 Å². The Morgan fingerprint density at radius 3 is 2.77 bits per heavy atom. The Labute approximate surface area is 178 Å². The molecular weight excluding hydrogens is 402 g/mol. The monoisotopic (exact) mass is 427 g/mol. The predicted molar refractivity (Wildman–Crippen MR) is 116 cm³/mol. The van der Waals surface area contributed by atoms with Crippen molar-refractivity contribution in [2.75, 3.05) is 12.9 Å². The number of carbonyl (C=O) groups excluding carboxylic acids is 2. The lowest BCUT2D eigenvalue weighted by Gasteiger charge is -2.22. The number of hydrogen-bond acceptors (Lipinski definition) is 6. The summed E-state index contributed by atoms with van der Waals surface area (Å²) in [4.78, 5) is 24.4. The molecule has 0 aliphatic heterocycles. The smallest absolute Gasteiger partial charge is 0.321 e. The average molecular weight is 428 g/mol. The third kappa shape index (κ3) is 4.35. The molecule has 2 aromatic heterocycles. The molecule has 0 spiro atoms. The van der Waals surface area contributed by atoms with Crippen LogP contribution in [0, 0.1) is 6.92 Å². The lowest BCUT2D eigenvalue weighted by molar-refractivity contribution is -0.117. The van der Waals surface area contributed by atoms with Crippen molar-refractivity contribution in [2.24, 2.45) is 0 Å². The predicted octanol–water partition coefficient (Wildman–Crippen LogP) is 3.45. The van der Waals surface area contributed by atoms with Crippen LogP contribution in [0.25, 0.3) is 16.6 Å². The van der Waals surface area contributed by atoms with E-state index in [9.17, 15) is 9.59 Å². The van der Waals surface area contributed by atoms with Crippen molar-refractivity contribution >= 4 is 40.3 Å². The van der Waals surface area contributed by atoms with Gasteiger partial charge >= 0.3 is 6.03 Å². The first-order chi connectivity index (χ1) is 14.5. The second-order valence-electron chi connectivity index (χ2n) is 7.53. The summed E-state index contributed by atoms with van der Waals surface area (Å²) >= 11 is 1.24. The van der Waals surface area contributed by atoms with Crippen molar-refractivity contribution in [1.29, 1.82) is 0 Å². The molecular formula is C21H25N5O3S. The highest BCUT2D eigenvalue weighted by molar-refractivity contribution is 7.99. The van der Waals surface area contributed by atoms with E-state index in [1.54, 1.807) is 7.11 Å². The molecule has 1 aromatic carbocycles. The lowest BCUT2D eigenvalue weighted by atomic mass is 9.96. The number of nitrogens with one attached hydrogen (secondary N) is 2. The number of aromatic nitrogens is 3. The number of aryl methyl sites for hydroxylation is 1. The normalized spacial score (nSPS) is 14.7. The van der Waals surface area contributed by atoms with E-state index in [2.05, 4.69) is 20.8 Å². The Hall–Kier alpha value is -2.81. The summed E-state index contributed by atoms with van der Waals surface area (Å²) in [5, 5.41) is 15.4. The van der Waals surface area contributed by atoms with Crippen LogP contribution in [-0.2, 0) is 4.79 Å². The average Bonchev–Trinajstić information content (AvgIpc) is 3.15. The summed E-state index contributed by atoms with van der Waals surface area (Å²) in [7, 11) is 1.62. The van der Waals surface area contributed by atoms with Gasteiger partial charge in [0.25, 0.3) is 0 Å². The van der Waals surface area contributed by atoms with Gasteiger partial charge in [-0.1, -0.05) is 31.0 Å². The number of methoxy groups -OCH3 is 1. The third-order valence-corrected chi connectivity index (χ3v) is 6.33. The summed E-state index contributed by atoms with van der Waals surface area (Å²) in [6, 6.07) is 7.54. The molecule has 0 radical (unpaired) electrons. The zero-order chi connectivity index (χ0) is 21.1. The molecule has 1 saturated carbocycles. The standard InChI is InChI=1S/C21H25N5O3S/c1-13-10-18-24-25-21(26(18)17-11-15(29-2)8-9-16(13)17)30-12-19(27)23-20(28)22-14-6-4-3-5-7-14/h8-11,14H,3-7,12H2,1-2H3,(H2,22,23,27,28). The van der Waals surface area contributed by atoms with Gasteiger partial charge in [0.05, 0.1) is 18.4 Å². The van der Waals surface area contributed by atoms with Gasteiger partial charge in [0.2, 0.25) is 5.91 Å². The van der Waals surface area contributed by atoms with Crippen molar-refractivity contribution in [2.45, 2.75) is 50.2 Å². The number of benzene rings is 1. The summed E-state index contributed by atoms with van der Waals surface area (Å²) in [6.07, 6.45) is 5.39. The Morgan fingerprint density at radius 1 is 1.20 bits per heavy atom. The van der Waals surface area contributed by atoms with E-state index in [4.69, 9.17) is 4.74 Å². The number of urea groups is 1. The second kappa shape index (κ2) is 8.91. The van der Waals surface area contributed by atoms with Crippen molar-refractivity contribution in [3.05, 3.63) is 29.8 Å². The zero-order valence-electron chi connectivity index (χ0n) is 17.1. The van der Waals surface area contributed by atoms with Gasteiger partial charge in [-0.05, 0) is 43.5 Å². The van der Waals surface area contributed by atoms with Crippen molar-refractivity contribution in [3.8, 4) is 5.75 Å². The van der Waals surface area contributed by atoms with Crippen molar-refractivity contribution in [3.63, 3.8) is 0 Å². The van der Waals surface area contributed by atoms with Gasteiger partial charge in [0.1, 0.15) is 5.75 Å². The van der Waals surface area contributed by atoms with E-state index in [1.165, 1.54) is 18.2 Å². The molecule has 1 fully saturated rings. The number of carbonyl (C=O) groups is 2. The Kier molecular flexibility index (Phi) is 6.08. The van der Waals surface area contributed by atoms with Gasteiger partial charge < -0.3 is 10.1 Å². The number of ether oxygens (including phenoxy) is 1. The largest absolute Gasteiger partial charge is 0.497 e. The maximum Gasteiger partial charge on any atom is 0.321 e. The number of amides is 3. The minimum absolute atomic E-state index is 0.0677. The maximum atomic E-state index is 12.3. The molecule has 3 amide bonds. The number of pyridine rings is 1. The molecule has 2 heterocycles. The number of hydrogen-bond donors (Lipinski definition) is 2. The van der Waals surface area contributed by atoms with Gasteiger partial charge in [0.15, 0.2) is 10.8 Å².